The molecule has 2 saturated heterocycles. The van der Waals surface area contributed by atoms with Crippen LogP contribution < -0.4 is 9.80 Å². The van der Waals surface area contributed by atoms with Gasteiger partial charge in [0.25, 0.3) is 0 Å². The number of rotatable bonds is 2. The third-order valence-corrected chi connectivity index (χ3v) is 6.03. The highest BCUT2D eigenvalue weighted by molar-refractivity contribution is 5.56. The van der Waals surface area contributed by atoms with E-state index in [0.29, 0.717) is 0 Å². The van der Waals surface area contributed by atoms with E-state index in [0.717, 1.165) is 0 Å². The van der Waals surface area contributed by atoms with Crippen molar-refractivity contribution in [2.75, 3.05) is 36.0 Å². The Hall–Kier alpha value is -1.96. The van der Waals surface area contributed by atoms with Crippen molar-refractivity contribution in [3.8, 4) is 0 Å². The summed E-state index contributed by atoms with van der Waals surface area (Å²) in [7, 11) is 0. The summed E-state index contributed by atoms with van der Waals surface area (Å²) in [4.78, 5) is 5.02. The first-order valence-electron chi connectivity index (χ1n) is 10.8. The lowest BCUT2D eigenvalue weighted by Gasteiger charge is -2.30. The molecule has 2 aliphatic heterocycles. The summed E-state index contributed by atoms with van der Waals surface area (Å²) in [5.74, 6) is 0. The molecular formula is C25H36N2. The Balaban J connectivity index is 0.000000156. The van der Waals surface area contributed by atoms with Crippen LogP contribution in [0, 0.1) is 20.8 Å². The van der Waals surface area contributed by atoms with E-state index in [4.69, 9.17) is 0 Å². The molecule has 0 atom stereocenters. The summed E-state index contributed by atoms with van der Waals surface area (Å²) in [6, 6.07) is 15.5. The van der Waals surface area contributed by atoms with Gasteiger partial charge in [-0.2, -0.15) is 0 Å². The topological polar surface area (TPSA) is 6.48 Å². The molecule has 0 aromatic heterocycles. The van der Waals surface area contributed by atoms with Gasteiger partial charge in [-0.1, -0.05) is 29.8 Å². The van der Waals surface area contributed by atoms with Crippen molar-refractivity contribution in [1.29, 1.82) is 0 Å². The minimum absolute atomic E-state index is 1.24. The number of hydrogen-bond acceptors (Lipinski definition) is 2. The molecule has 0 bridgehead atoms. The van der Waals surface area contributed by atoms with Crippen molar-refractivity contribution in [2.24, 2.45) is 0 Å². The van der Waals surface area contributed by atoms with E-state index in [2.05, 4.69) is 73.0 Å². The highest BCUT2D eigenvalue weighted by Gasteiger charge is 2.13. The second-order valence-electron chi connectivity index (χ2n) is 8.15. The molecule has 0 radical (unpaired) electrons. The Bertz CT molecular complexity index is 693. The van der Waals surface area contributed by atoms with Crippen molar-refractivity contribution in [1.82, 2.24) is 0 Å². The lowest BCUT2D eigenvalue weighted by molar-refractivity contribution is 0.577. The first-order chi connectivity index (χ1) is 13.1. The summed E-state index contributed by atoms with van der Waals surface area (Å²) in [5, 5.41) is 0. The average Bonchev–Trinajstić information content (AvgIpc) is 2.72. The number of nitrogens with zero attached hydrogens (tertiary/aromatic N) is 2. The molecule has 0 amide bonds. The maximum Gasteiger partial charge on any atom is 0.0398 e. The van der Waals surface area contributed by atoms with E-state index in [1.165, 1.54) is 92.8 Å². The van der Waals surface area contributed by atoms with Gasteiger partial charge in [0.1, 0.15) is 0 Å². The van der Waals surface area contributed by atoms with Gasteiger partial charge < -0.3 is 9.80 Å². The fraction of sp³-hybridized carbons (Fsp3) is 0.520. The molecule has 0 saturated carbocycles. The molecule has 2 fully saturated rings. The molecule has 0 aliphatic carbocycles. The van der Waals surface area contributed by atoms with Crippen LogP contribution in [0.15, 0.2) is 42.5 Å². The third-order valence-electron chi connectivity index (χ3n) is 6.03. The lowest BCUT2D eigenvalue weighted by Crippen LogP contribution is -2.30. The minimum Gasteiger partial charge on any atom is -0.372 e. The Morgan fingerprint density at radius 1 is 0.593 bits per heavy atom. The molecule has 0 spiro atoms. The first kappa shape index (κ1) is 19.8. The molecule has 0 N–H and O–H groups in total. The van der Waals surface area contributed by atoms with Crippen LogP contribution in [-0.4, -0.2) is 26.2 Å². The van der Waals surface area contributed by atoms with E-state index in [1.807, 2.05) is 0 Å². The maximum absolute atomic E-state index is 2.53. The Labute approximate surface area is 166 Å². The Morgan fingerprint density at radius 2 is 1.15 bits per heavy atom. The smallest absolute Gasteiger partial charge is 0.0398 e. The van der Waals surface area contributed by atoms with Crippen LogP contribution in [0.5, 0.6) is 0 Å². The Morgan fingerprint density at radius 3 is 1.74 bits per heavy atom. The molecule has 4 rings (SSSR count). The van der Waals surface area contributed by atoms with E-state index in [1.54, 1.807) is 0 Å². The van der Waals surface area contributed by atoms with Crippen LogP contribution in [0.25, 0.3) is 0 Å². The quantitative estimate of drug-likeness (QED) is 0.619. The van der Waals surface area contributed by atoms with Gasteiger partial charge in [-0.25, -0.2) is 0 Å². The van der Waals surface area contributed by atoms with Crippen molar-refractivity contribution in [3.05, 3.63) is 59.2 Å². The van der Waals surface area contributed by atoms with Gasteiger partial charge >= 0.3 is 0 Å². The van der Waals surface area contributed by atoms with E-state index in [9.17, 15) is 0 Å². The van der Waals surface area contributed by atoms with Crippen molar-refractivity contribution in [2.45, 2.75) is 59.3 Å². The number of piperidine rings is 2. The maximum atomic E-state index is 2.53. The van der Waals surface area contributed by atoms with E-state index >= 15 is 0 Å². The van der Waals surface area contributed by atoms with E-state index in [-0.39, 0.29) is 0 Å². The summed E-state index contributed by atoms with van der Waals surface area (Å²) in [5.41, 5.74) is 7.05. The number of aryl methyl sites for hydroxylation is 2. The lowest BCUT2D eigenvalue weighted by atomic mass is 10.0. The van der Waals surface area contributed by atoms with Gasteiger partial charge in [0.2, 0.25) is 0 Å². The van der Waals surface area contributed by atoms with Crippen LogP contribution >= 0.6 is 0 Å². The zero-order valence-electron chi connectivity index (χ0n) is 17.5. The van der Waals surface area contributed by atoms with Gasteiger partial charge in [-0.05, 0) is 88.6 Å². The standard InChI is InChI=1S/C13H19N.C12H17N/c1-11-7-6-8-13(12(11)2)14-9-4-3-5-10-14;1-11-5-7-12(8-6-11)13-9-3-2-4-10-13/h6-8H,3-5,9-10H2,1-2H3;5-8H,2-4,9-10H2,1H3. The van der Waals surface area contributed by atoms with Gasteiger partial charge in [-0.3, -0.25) is 0 Å². The highest BCUT2D eigenvalue weighted by Crippen LogP contribution is 2.25. The zero-order valence-corrected chi connectivity index (χ0v) is 17.5. The molecule has 2 aliphatic rings. The molecule has 2 aromatic carbocycles. The summed E-state index contributed by atoms with van der Waals surface area (Å²) >= 11 is 0. The number of anilines is 2. The largest absolute Gasteiger partial charge is 0.372 e. The minimum atomic E-state index is 1.24. The zero-order chi connectivity index (χ0) is 19.1. The Kier molecular flexibility index (Phi) is 7.20. The second kappa shape index (κ2) is 9.82. The van der Waals surface area contributed by atoms with Gasteiger partial charge in [0, 0.05) is 37.6 Å². The van der Waals surface area contributed by atoms with Gasteiger partial charge in [0.05, 0.1) is 0 Å². The molecule has 27 heavy (non-hydrogen) atoms. The predicted molar refractivity (Wildman–Crippen MR) is 119 cm³/mol. The number of hydrogen-bond donors (Lipinski definition) is 0. The molecule has 2 heterocycles. The molecule has 2 aromatic rings. The second-order valence-corrected chi connectivity index (χ2v) is 8.15. The van der Waals surface area contributed by atoms with Crippen LogP contribution in [0.2, 0.25) is 0 Å². The van der Waals surface area contributed by atoms with Crippen molar-refractivity contribution >= 4 is 11.4 Å². The summed E-state index contributed by atoms with van der Waals surface area (Å²) in [6.07, 6.45) is 8.23. The van der Waals surface area contributed by atoms with Crippen molar-refractivity contribution in [3.63, 3.8) is 0 Å². The van der Waals surface area contributed by atoms with Crippen LogP contribution in [-0.2, 0) is 0 Å². The van der Waals surface area contributed by atoms with E-state index < -0.39 is 0 Å². The first-order valence-corrected chi connectivity index (χ1v) is 10.8. The van der Waals surface area contributed by atoms with Crippen LogP contribution in [0.4, 0.5) is 11.4 Å². The van der Waals surface area contributed by atoms with Gasteiger partial charge in [-0.15, -0.1) is 0 Å². The summed E-state index contributed by atoms with van der Waals surface area (Å²) in [6.45, 7) is 11.5. The SMILES string of the molecule is Cc1ccc(N2CCCCC2)cc1.Cc1cccc(N2CCCCC2)c1C. The molecule has 146 valence electrons. The monoisotopic (exact) mass is 364 g/mol. The van der Waals surface area contributed by atoms with Crippen molar-refractivity contribution < 1.29 is 0 Å². The highest BCUT2D eigenvalue weighted by atomic mass is 15.1. The molecule has 0 unspecified atom stereocenters. The fourth-order valence-corrected chi connectivity index (χ4v) is 4.12. The average molecular weight is 365 g/mol. The third kappa shape index (κ3) is 5.51. The predicted octanol–water partition coefficient (Wildman–Crippen LogP) is 6.28. The molecule has 2 heteroatoms. The van der Waals surface area contributed by atoms with Gasteiger partial charge in [0.15, 0.2) is 0 Å². The van der Waals surface area contributed by atoms with Crippen LogP contribution in [0.1, 0.15) is 55.2 Å². The molecular weight excluding hydrogens is 328 g/mol. The fourth-order valence-electron chi connectivity index (χ4n) is 4.12. The summed E-state index contributed by atoms with van der Waals surface area (Å²) < 4.78 is 0. The van der Waals surface area contributed by atoms with Crippen LogP contribution in [0.3, 0.4) is 0 Å². The number of benzene rings is 2. The normalized spacial score (nSPS) is 17.3. The molecule has 2 nitrogen and oxygen atoms in total.